The van der Waals surface area contributed by atoms with Crippen molar-refractivity contribution >= 4 is 33.0 Å². The Labute approximate surface area is 115 Å². The normalized spacial score (nSPS) is 18.9. The first-order valence-electron chi connectivity index (χ1n) is 6.15. The number of aromatic nitrogens is 1. The van der Waals surface area contributed by atoms with Gasteiger partial charge in [0, 0.05) is 31.4 Å². The molecule has 3 heterocycles. The summed E-state index contributed by atoms with van der Waals surface area (Å²) in [7, 11) is 1.81. The molecule has 3 rings (SSSR count). The molecular weight excluding hydrogens is 262 g/mol. The van der Waals surface area contributed by atoms with E-state index in [0.717, 1.165) is 16.5 Å². The van der Waals surface area contributed by atoms with Crippen molar-refractivity contribution in [3.63, 3.8) is 0 Å². The largest absolute Gasteiger partial charge is 0.397 e. The number of likely N-dealkylation sites (N-methyl/N-ethyl adjacent to an activating group) is 1. The molecule has 100 valence electrons. The van der Waals surface area contributed by atoms with E-state index in [0.29, 0.717) is 23.8 Å². The number of hydrogen-bond donors (Lipinski definition) is 1. The van der Waals surface area contributed by atoms with Crippen LogP contribution in [0.15, 0.2) is 18.5 Å². The zero-order chi connectivity index (χ0) is 13.4. The number of ether oxygens (including phenoxy) is 1. The van der Waals surface area contributed by atoms with Crippen molar-refractivity contribution in [3.05, 3.63) is 23.3 Å². The van der Waals surface area contributed by atoms with Crippen LogP contribution in [0.4, 0.5) is 5.69 Å². The van der Waals surface area contributed by atoms with Crippen molar-refractivity contribution in [1.29, 1.82) is 0 Å². The maximum atomic E-state index is 12.5. The van der Waals surface area contributed by atoms with Gasteiger partial charge in [-0.15, -0.1) is 11.3 Å². The first kappa shape index (κ1) is 12.4. The third kappa shape index (κ3) is 2.06. The molecule has 2 N–H and O–H groups in total. The predicted molar refractivity (Wildman–Crippen MR) is 75.3 cm³/mol. The molecule has 0 radical (unpaired) electrons. The number of fused-ring (bicyclic) bond motifs is 1. The number of nitrogens with zero attached hydrogens (tertiary/aromatic N) is 2. The molecule has 1 aliphatic rings. The van der Waals surface area contributed by atoms with E-state index in [4.69, 9.17) is 10.5 Å². The molecule has 6 heteroatoms. The van der Waals surface area contributed by atoms with Crippen molar-refractivity contribution in [2.45, 2.75) is 12.5 Å². The highest BCUT2D eigenvalue weighted by atomic mass is 32.1. The van der Waals surface area contributed by atoms with E-state index in [2.05, 4.69) is 4.98 Å². The first-order valence-corrected chi connectivity index (χ1v) is 6.97. The molecule has 1 amide bonds. The molecule has 5 nitrogen and oxygen atoms in total. The fourth-order valence-electron chi connectivity index (χ4n) is 2.28. The number of hydrogen-bond acceptors (Lipinski definition) is 5. The van der Waals surface area contributed by atoms with E-state index in [-0.39, 0.29) is 11.9 Å². The Hall–Kier alpha value is -1.66. The molecule has 0 bridgehead atoms. The van der Waals surface area contributed by atoms with E-state index in [1.165, 1.54) is 11.3 Å². The van der Waals surface area contributed by atoms with Crippen LogP contribution in [0.3, 0.4) is 0 Å². The molecule has 0 aromatic carbocycles. The highest BCUT2D eigenvalue weighted by Gasteiger charge is 2.27. The minimum Gasteiger partial charge on any atom is -0.397 e. The Kier molecular flexibility index (Phi) is 3.12. The van der Waals surface area contributed by atoms with Crippen LogP contribution < -0.4 is 5.73 Å². The summed E-state index contributed by atoms with van der Waals surface area (Å²) in [6.07, 6.45) is 4.31. The van der Waals surface area contributed by atoms with E-state index < -0.39 is 0 Å². The van der Waals surface area contributed by atoms with Gasteiger partial charge in [0.1, 0.15) is 4.88 Å². The van der Waals surface area contributed by atoms with E-state index >= 15 is 0 Å². The Balaban J connectivity index is 1.94. The number of pyridine rings is 1. The summed E-state index contributed by atoms with van der Waals surface area (Å²) < 4.78 is 6.27. The molecule has 0 spiro atoms. The lowest BCUT2D eigenvalue weighted by Crippen LogP contribution is -2.37. The third-order valence-electron chi connectivity index (χ3n) is 3.50. The Morgan fingerprint density at radius 2 is 2.47 bits per heavy atom. The van der Waals surface area contributed by atoms with Crippen molar-refractivity contribution in [1.82, 2.24) is 9.88 Å². The minimum atomic E-state index is -0.0331. The van der Waals surface area contributed by atoms with Crippen LogP contribution >= 0.6 is 11.3 Å². The van der Waals surface area contributed by atoms with Crippen LogP contribution in [0, 0.1) is 0 Å². The van der Waals surface area contributed by atoms with E-state index in [1.54, 1.807) is 17.3 Å². The molecule has 1 aliphatic heterocycles. The summed E-state index contributed by atoms with van der Waals surface area (Å²) in [5, 5.41) is 0.902. The second-order valence-corrected chi connectivity index (χ2v) is 5.70. The van der Waals surface area contributed by atoms with E-state index in [9.17, 15) is 4.79 Å². The molecule has 19 heavy (non-hydrogen) atoms. The number of carbonyl (C=O) groups excluding carboxylic acids is 1. The zero-order valence-corrected chi connectivity index (χ0v) is 11.4. The predicted octanol–water partition coefficient (Wildman–Crippen LogP) is 1.74. The number of rotatable bonds is 2. The van der Waals surface area contributed by atoms with Crippen LogP contribution in [-0.4, -0.2) is 42.1 Å². The number of nitrogen functional groups attached to an aromatic ring is 1. The molecule has 2 aromatic rings. The highest BCUT2D eigenvalue weighted by molar-refractivity contribution is 7.21. The van der Waals surface area contributed by atoms with Crippen LogP contribution in [-0.2, 0) is 4.74 Å². The SMILES string of the molecule is CN(C(=O)c1sc2cnccc2c1N)C1CCOC1. The molecular formula is C13H15N3O2S. The highest BCUT2D eigenvalue weighted by Crippen LogP contribution is 2.34. The maximum absolute atomic E-state index is 12.5. The number of carbonyl (C=O) groups is 1. The van der Waals surface area contributed by atoms with Gasteiger partial charge < -0.3 is 15.4 Å². The summed E-state index contributed by atoms with van der Waals surface area (Å²) in [5.74, 6) is -0.0331. The number of nitrogens with two attached hydrogens (primary N) is 1. The summed E-state index contributed by atoms with van der Waals surface area (Å²) in [6, 6.07) is 1.99. The van der Waals surface area contributed by atoms with Gasteiger partial charge in [-0.25, -0.2) is 0 Å². The van der Waals surface area contributed by atoms with Gasteiger partial charge in [0.2, 0.25) is 0 Å². The Morgan fingerprint density at radius 1 is 1.63 bits per heavy atom. The molecule has 1 atom stereocenters. The average molecular weight is 277 g/mol. The summed E-state index contributed by atoms with van der Waals surface area (Å²) in [4.78, 5) is 18.9. The summed E-state index contributed by atoms with van der Waals surface area (Å²) >= 11 is 1.40. The van der Waals surface area contributed by atoms with Gasteiger partial charge in [0.05, 0.1) is 23.0 Å². The maximum Gasteiger partial charge on any atom is 0.266 e. The lowest BCUT2D eigenvalue weighted by atomic mass is 10.2. The molecule has 1 unspecified atom stereocenters. The molecule has 1 fully saturated rings. The lowest BCUT2D eigenvalue weighted by Gasteiger charge is -2.22. The van der Waals surface area contributed by atoms with Gasteiger partial charge in [-0.1, -0.05) is 0 Å². The first-order chi connectivity index (χ1) is 9.18. The monoisotopic (exact) mass is 277 g/mol. The van der Waals surface area contributed by atoms with Gasteiger partial charge in [0.25, 0.3) is 5.91 Å². The standard InChI is InChI=1S/C13H15N3O2S/c1-16(8-3-5-18-7-8)13(17)12-11(14)9-2-4-15-6-10(9)19-12/h2,4,6,8H,3,5,7,14H2,1H3. The van der Waals surface area contributed by atoms with Gasteiger partial charge in [-0.05, 0) is 12.5 Å². The fraction of sp³-hybridized carbons (Fsp3) is 0.385. The van der Waals surface area contributed by atoms with Crippen molar-refractivity contribution in [3.8, 4) is 0 Å². The molecule has 0 aliphatic carbocycles. The van der Waals surface area contributed by atoms with Gasteiger partial charge >= 0.3 is 0 Å². The number of anilines is 1. The van der Waals surface area contributed by atoms with Crippen LogP contribution in [0.2, 0.25) is 0 Å². The van der Waals surface area contributed by atoms with Crippen molar-refractivity contribution in [2.24, 2.45) is 0 Å². The second-order valence-electron chi connectivity index (χ2n) is 4.65. The number of amides is 1. The quantitative estimate of drug-likeness (QED) is 0.908. The van der Waals surface area contributed by atoms with Crippen molar-refractivity contribution < 1.29 is 9.53 Å². The summed E-state index contributed by atoms with van der Waals surface area (Å²) in [6.45, 7) is 1.32. The van der Waals surface area contributed by atoms with Gasteiger partial charge in [-0.2, -0.15) is 0 Å². The molecule has 0 saturated carbocycles. The molecule has 1 saturated heterocycles. The van der Waals surface area contributed by atoms with Crippen LogP contribution in [0.25, 0.3) is 10.1 Å². The van der Waals surface area contributed by atoms with E-state index in [1.807, 2.05) is 13.1 Å². The Morgan fingerprint density at radius 3 is 3.16 bits per heavy atom. The van der Waals surface area contributed by atoms with Crippen LogP contribution in [0.1, 0.15) is 16.1 Å². The van der Waals surface area contributed by atoms with Gasteiger partial charge in [0.15, 0.2) is 0 Å². The summed E-state index contributed by atoms with van der Waals surface area (Å²) in [5.41, 5.74) is 6.63. The minimum absolute atomic E-state index is 0.0331. The van der Waals surface area contributed by atoms with Crippen molar-refractivity contribution in [2.75, 3.05) is 26.0 Å². The van der Waals surface area contributed by atoms with Crippen LogP contribution in [0.5, 0.6) is 0 Å². The van der Waals surface area contributed by atoms with Gasteiger partial charge in [-0.3, -0.25) is 9.78 Å². The lowest BCUT2D eigenvalue weighted by molar-refractivity contribution is 0.0717. The zero-order valence-electron chi connectivity index (χ0n) is 10.6. The smallest absolute Gasteiger partial charge is 0.266 e. The average Bonchev–Trinajstić information content (AvgIpc) is 3.06. The second kappa shape index (κ2) is 4.79. The molecule has 2 aromatic heterocycles. The third-order valence-corrected chi connectivity index (χ3v) is 4.64. The Bertz CT molecular complexity index is 619. The topological polar surface area (TPSA) is 68.5 Å². The fourth-order valence-corrected chi connectivity index (χ4v) is 3.36. The number of thiophene rings is 1.